The van der Waals surface area contributed by atoms with Gasteiger partial charge in [-0.2, -0.15) is 0 Å². The molecule has 1 unspecified atom stereocenters. The highest BCUT2D eigenvalue weighted by atomic mass is 35.5. The molecule has 0 spiro atoms. The van der Waals surface area contributed by atoms with Crippen LogP contribution >= 0.6 is 11.6 Å². The lowest BCUT2D eigenvalue weighted by molar-refractivity contribution is 0.0329. The second-order valence-corrected chi connectivity index (χ2v) is 5.76. The van der Waals surface area contributed by atoms with E-state index in [1.807, 2.05) is 4.57 Å². The lowest BCUT2D eigenvalue weighted by Gasteiger charge is -2.30. The summed E-state index contributed by atoms with van der Waals surface area (Å²) in [6.45, 7) is 6.24. The molecule has 1 atom stereocenters. The van der Waals surface area contributed by atoms with Gasteiger partial charge >= 0.3 is 0 Å². The van der Waals surface area contributed by atoms with Crippen LogP contribution in [0.4, 0.5) is 10.3 Å². The minimum absolute atomic E-state index is 0.0854. The van der Waals surface area contributed by atoms with Gasteiger partial charge in [0.2, 0.25) is 5.95 Å². The molecule has 1 fully saturated rings. The van der Waals surface area contributed by atoms with Crippen molar-refractivity contribution in [2.45, 2.75) is 13.0 Å². The number of hydrogen-bond acceptors (Lipinski definition) is 4. The fourth-order valence-corrected chi connectivity index (χ4v) is 2.97. The van der Waals surface area contributed by atoms with Crippen LogP contribution < -0.4 is 5.73 Å². The summed E-state index contributed by atoms with van der Waals surface area (Å²) < 4.78 is 20.8. The van der Waals surface area contributed by atoms with E-state index in [0.29, 0.717) is 11.5 Å². The van der Waals surface area contributed by atoms with Gasteiger partial charge in [0, 0.05) is 31.7 Å². The van der Waals surface area contributed by atoms with Crippen molar-refractivity contribution in [1.82, 2.24) is 14.5 Å². The molecule has 1 aromatic carbocycles. The summed E-state index contributed by atoms with van der Waals surface area (Å²) in [6.07, 6.45) is 0. The Morgan fingerprint density at radius 1 is 1.43 bits per heavy atom. The third-order valence-corrected chi connectivity index (χ3v) is 4.12. The maximum absolute atomic E-state index is 13.5. The first-order valence-corrected chi connectivity index (χ1v) is 7.36. The van der Waals surface area contributed by atoms with Crippen LogP contribution in [0.2, 0.25) is 5.02 Å². The van der Waals surface area contributed by atoms with Crippen molar-refractivity contribution in [1.29, 1.82) is 0 Å². The SMILES string of the molecule is CC(CN1CCOCC1)n1c(N)nc2cc(F)c(Cl)cc21. The third-order valence-electron chi connectivity index (χ3n) is 3.83. The Bertz CT molecular complexity index is 654. The lowest BCUT2D eigenvalue weighted by atomic mass is 10.2. The highest BCUT2D eigenvalue weighted by molar-refractivity contribution is 6.31. The molecule has 2 heterocycles. The molecule has 0 saturated carbocycles. The Kier molecular flexibility index (Phi) is 4.01. The summed E-state index contributed by atoms with van der Waals surface area (Å²) in [4.78, 5) is 6.55. The molecular weight excluding hydrogens is 295 g/mol. The summed E-state index contributed by atoms with van der Waals surface area (Å²) in [5.41, 5.74) is 7.30. The highest BCUT2D eigenvalue weighted by Crippen LogP contribution is 2.28. The van der Waals surface area contributed by atoms with Crippen LogP contribution in [0, 0.1) is 5.82 Å². The van der Waals surface area contributed by atoms with Crippen molar-refractivity contribution in [3.63, 3.8) is 0 Å². The predicted molar refractivity (Wildman–Crippen MR) is 81.1 cm³/mol. The van der Waals surface area contributed by atoms with Crippen LogP contribution in [0.25, 0.3) is 11.0 Å². The predicted octanol–water partition coefficient (Wildman–Crippen LogP) is 2.30. The van der Waals surface area contributed by atoms with Gasteiger partial charge in [-0.25, -0.2) is 9.37 Å². The fraction of sp³-hybridized carbons (Fsp3) is 0.500. The smallest absolute Gasteiger partial charge is 0.201 e. The molecule has 114 valence electrons. The van der Waals surface area contributed by atoms with Crippen LogP contribution in [0.1, 0.15) is 13.0 Å². The third kappa shape index (κ3) is 2.84. The molecular formula is C14H18ClFN4O. The van der Waals surface area contributed by atoms with E-state index >= 15 is 0 Å². The topological polar surface area (TPSA) is 56.3 Å². The molecule has 0 radical (unpaired) electrons. The average molecular weight is 313 g/mol. The first kappa shape index (κ1) is 14.6. The minimum Gasteiger partial charge on any atom is -0.379 e. The number of morpholine rings is 1. The molecule has 1 aromatic heterocycles. The standard InChI is InChI=1S/C14H18ClFN4O/c1-9(8-19-2-4-21-5-3-19)20-13-6-10(15)11(16)7-12(13)18-14(20)17/h6-7,9H,2-5,8H2,1H3,(H2,17,18). The Hall–Kier alpha value is -1.37. The summed E-state index contributed by atoms with van der Waals surface area (Å²) in [5.74, 6) is -0.0953. The maximum atomic E-state index is 13.5. The number of benzene rings is 1. The van der Waals surface area contributed by atoms with Crippen molar-refractivity contribution in [2.75, 3.05) is 38.6 Å². The number of hydrogen-bond donors (Lipinski definition) is 1. The number of anilines is 1. The van der Waals surface area contributed by atoms with Crippen LogP contribution in [0.5, 0.6) is 0 Å². The molecule has 2 N–H and O–H groups in total. The first-order valence-electron chi connectivity index (χ1n) is 6.99. The van der Waals surface area contributed by atoms with Gasteiger partial charge in [-0.15, -0.1) is 0 Å². The van der Waals surface area contributed by atoms with Gasteiger partial charge in [-0.05, 0) is 13.0 Å². The lowest BCUT2D eigenvalue weighted by Crippen LogP contribution is -2.39. The number of rotatable bonds is 3. The van der Waals surface area contributed by atoms with E-state index in [9.17, 15) is 4.39 Å². The quantitative estimate of drug-likeness (QED) is 0.945. The second-order valence-electron chi connectivity index (χ2n) is 5.36. The zero-order valence-corrected chi connectivity index (χ0v) is 12.6. The van der Waals surface area contributed by atoms with Gasteiger partial charge in [0.1, 0.15) is 5.82 Å². The zero-order chi connectivity index (χ0) is 15.0. The van der Waals surface area contributed by atoms with Gasteiger partial charge in [-0.1, -0.05) is 11.6 Å². The number of fused-ring (bicyclic) bond motifs is 1. The fourth-order valence-electron chi connectivity index (χ4n) is 2.81. The van der Waals surface area contributed by atoms with Gasteiger partial charge in [0.15, 0.2) is 0 Å². The Morgan fingerprint density at radius 3 is 2.86 bits per heavy atom. The van der Waals surface area contributed by atoms with E-state index in [2.05, 4.69) is 16.8 Å². The van der Waals surface area contributed by atoms with Gasteiger partial charge in [-0.3, -0.25) is 4.90 Å². The number of ether oxygens (including phenoxy) is 1. The Balaban J connectivity index is 1.91. The summed E-state index contributed by atoms with van der Waals surface area (Å²) in [7, 11) is 0. The van der Waals surface area contributed by atoms with Crippen LogP contribution in [-0.4, -0.2) is 47.3 Å². The van der Waals surface area contributed by atoms with Crippen LogP contribution in [0.15, 0.2) is 12.1 Å². The van der Waals surface area contributed by atoms with Gasteiger partial charge in [0.25, 0.3) is 0 Å². The van der Waals surface area contributed by atoms with Crippen molar-refractivity contribution in [2.24, 2.45) is 0 Å². The largest absolute Gasteiger partial charge is 0.379 e. The van der Waals surface area contributed by atoms with E-state index in [4.69, 9.17) is 22.1 Å². The van der Waals surface area contributed by atoms with Crippen molar-refractivity contribution < 1.29 is 9.13 Å². The highest BCUT2D eigenvalue weighted by Gasteiger charge is 2.19. The average Bonchev–Trinajstić information content (AvgIpc) is 2.75. The minimum atomic E-state index is -0.477. The molecule has 1 aliphatic heterocycles. The van der Waals surface area contributed by atoms with Gasteiger partial charge in [0.05, 0.1) is 29.3 Å². The molecule has 3 rings (SSSR count). The Labute approximate surface area is 127 Å². The van der Waals surface area contributed by atoms with Gasteiger partial charge < -0.3 is 15.0 Å². The van der Waals surface area contributed by atoms with E-state index in [1.165, 1.54) is 6.07 Å². The molecule has 0 aliphatic carbocycles. The molecule has 1 saturated heterocycles. The summed E-state index contributed by atoms with van der Waals surface area (Å²) >= 11 is 5.88. The van der Waals surface area contributed by atoms with Crippen LogP contribution in [-0.2, 0) is 4.74 Å². The summed E-state index contributed by atoms with van der Waals surface area (Å²) in [6, 6.07) is 3.03. The second kappa shape index (κ2) is 5.79. The molecule has 5 nitrogen and oxygen atoms in total. The number of nitrogen functional groups attached to an aromatic ring is 1. The van der Waals surface area contributed by atoms with E-state index in [1.54, 1.807) is 6.07 Å². The van der Waals surface area contributed by atoms with E-state index in [0.717, 1.165) is 38.4 Å². The van der Waals surface area contributed by atoms with E-state index < -0.39 is 5.82 Å². The van der Waals surface area contributed by atoms with Crippen molar-refractivity contribution >= 4 is 28.6 Å². The molecule has 0 amide bonds. The molecule has 7 heteroatoms. The normalized spacial score (nSPS) is 18.2. The monoisotopic (exact) mass is 312 g/mol. The summed E-state index contributed by atoms with van der Waals surface area (Å²) in [5, 5.41) is 0.0854. The molecule has 0 bridgehead atoms. The van der Waals surface area contributed by atoms with E-state index in [-0.39, 0.29) is 11.1 Å². The number of imidazole rings is 1. The number of nitrogens with zero attached hydrogens (tertiary/aromatic N) is 3. The molecule has 1 aliphatic rings. The van der Waals surface area contributed by atoms with Crippen molar-refractivity contribution in [3.05, 3.63) is 23.0 Å². The number of aromatic nitrogens is 2. The zero-order valence-electron chi connectivity index (χ0n) is 11.9. The first-order chi connectivity index (χ1) is 10.1. The Morgan fingerprint density at radius 2 is 2.14 bits per heavy atom. The van der Waals surface area contributed by atoms with Crippen molar-refractivity contribution in [3.8, 4) is 0 Å². The maximum Gasteiger partial charge on any atom is 0.201 e. The number of halogens is 2. The number of nitrogens with two attached hydrogens (primary N) is 1. The molecule has 2 aromatic rings. The van der Waals surface area contributed by atoms with Crippen LogP contribution in [0.3, 0.4) is 0 Å². The molecule has 21 heavy (non-hydrogen) atoms.